The number of amides is 1. The van der Waals surface area contributed by atoms with Crippen molar-refractivity contribution >= 4 is 29.1 Å². The SMILES string of the molecule is CC(=O)c1cccc(NC(=O)CSc2nc(COc3ccccc3)cc(=O)[nH]2)c1. The van der Waals surface area contributed by atoms with Gasteiger partial charge in [-0.15, -0.1) is 0 Å². The summed E-state index contributed by atoms with van der Waals surface area (Å²) < 4.78 is 5.61. The van der Waals surface area contributed by atoms with E-state index in [1.54, 1.807) is 24.3 Å². The van der Waals surface area contributed by atoms with Crippen LogP contribution in [0, 0.1) is 0 Å². The van der Waals surface area contributed by atoms with Crippen molar-refractivity contribution in [1.82, 2.24) is 9.97 Å². The number of rotatable bonds is 8. The molecule has 148 valence electrons. The third-order valence-corrected chi connectivity index (χ3v) is 4.67. The normalized spacial score (nSPS) is 10.4. The van der Waals surface area contributed by atoms with Crippen molar-refractivity contribution in [2.75, 3.05) is 11.1 Å². The summed E-state index contributed by atoms with van der Waals surface area (Å²) in [4.78, 5) is 42.4. The molecular weight excluding hydrogens is 390 g/mol. The van der Waals surface area contributed by atoms with E-state index in [0.717, 1.165) is 11.8 Å². The number of aromatic amines is 1. The number of carbonyl (C=O) groups is 2. The van der Waals surface area contributed by atoms with Crippen LogP contribution in [-0.2, 0) is 11.4 Å². The molecule has 2 aromatic carbocycles. The zero-order valence-electron chi connectivity index (χ0n) is 15.7. The topological polar surface area (TPSA) is 101 Å². The molecular formula is C21H19N3O4S. The smallest absolute Gasteiger partial charge is 0.251 e. The number of carbonyl (C=O) groups excluding carboxylic acids is 2. The molecule has 0 aliphatic heterocycles. The second-order valence-corrected chi connectivity index (χ2v) is 7.08. The molecule has 0 fully saturated rings. The van der Waals surface area contributed by atoms with Gasteiger partial charge < -0.3 is 15.0 Å². The van der Waals surface area contributed by atoms with Crippen LogP contribution in [0.25, 0.3) is 0 Å². The summed E-state index contributed by atoms with van der Waals surface area (Å²) in [5.74, 6) is 0.378. The molecule has 1 amide bonds. The fourth-order valence-corrected chi connectivity index (χ4v) is 3.14. The zero-order chi connectivity index (χ0) is 20.6. The standard InChI is InChI=1S/C21H19N3O4S/c1-14(25)15-6-5-7-16(10-15)22-20(27)13-29-21-23-17(11-19(26)24-21)12-28-18-8-3-2-4-9-18/h2-11H,12-13H2,1H3,(H,22,27)(H,23,24,26). The molecule has 0 aliphatic carbocycles. The lowest BCUT2D eigenvalue weighted by Gasteiger charge is -2.08. The van der Waals surface area contributed by atoms with Crippen molar-refractivity contribution in [3.63, 3.8) is 0 Å². The lowest BCUT2D eigenvalue weighted by molar-refractivity contribution is -0.113. The van der Waals surface area contributed by atoms with Crippen LogP contribution in [0.1, 0.15) is 23.0 Å². The molecule has 0 saturated heterocycles. The number of anilines is 1. The van der Waals surface area contributed by atoms with Crippen LogP contribution in [0.15, 0.2) is 70.6 Å². The van der Waals surface area contributed by atoms with E-state index in [1.807, 2.05) is 30.3 Å². The second-order valence-electron chi connectivity index (χ2n) is 6.12. The Morgan fingerprint density at radius 1 is 1.10 bits per heavy atom. The minimum Gasteiger partial charge on any atom is -0.487 e. The first kappa shape index (κ1) is 20.3. The molecule has 0 unspecified atom stereocenters. The van der Waals surface area contributed by atoms with Gasteiger partial charge in [0.1, 0.15) is 12.4 Å². The highest BCUT2D eigenvalue weighted by Crippen LogP contribution is 2.16. The highest BCUT2D eigenvalue weighted by Gasteiger charge is 2.09. The maximum absolute atomic E-state index is 12.2. The number of ketones is 1. The molecule has 1 heterocycles. The Morgan fingerprint density at radius 2 is 1.90 bits per heavy atom. The lowest BCUT2D eigenvalue weighted by Crippen LogP contribution is -2.16. The Kier molecular flexibility index (Phi) is 6.80. The molecule has 1 aromatic heterocycles. The quantitative estimate of drug-likeness (QED) is 0.336. The van der Waals surface area contributed by atoms with Gasteiger partial charge in [-0.25, -0.2) is 4.98 Å². The third-order valence-electron chi connectivity index (χ3n) is 3.80. The molecule has 3 aromatic rings. The van der Waals surface area contributed by atoms with Crippen LogP contribution in [0.4, 0.5) is 5.69 Å². The summed E-state index contributed by atoms with van der Waals surface area (Å²) in [6.07, 6.45) is 0. The van der Waals surface area contributed by atoms with Crippen molar-refractivity contribution in [3.8, 4) is 5.75 Å². The Balaban J connectivity index is 1.58. The molecule has 0 saturated carbocycles. The van der Waals surface area contributed by atoms with E-state index in [2.05, 4.69) is 15.3 Å². The number of Topliss-reactive ketones (excluding diaryl/α,β-unsaturated/α-hetero) is 1. The van der Waals surface area contributed by atoms with Gasteiger partial charge in [0, 0.05) is 17.3 Å². The van der Waals surface area contributed by atoms with Gasteiger partial charge in [-0.2, -0.15) is 0 Å². The molecule has 8 heteroatoms. The molecule has 7 nitrogen and oxygen atoms in total. The lowest BCUT2D eigenvalue weighted by atomic mass is 10.1. The fraction of sp³-hybridized carbons (Fsp3) is 0.143. The fourth-order valence-electron chi connectivity index (χ4n) is 2.45. The summed E-state index contributed by atoms with van der Waals surface area (Å²) in [7, 11) is 0. The van der Waals surface area contributed by atoms with Gasteiger partial charge in [0.15, 0.2) is 10.9 Å². The second kappa shape index (κ2) is 9.70. The van der Waals surface area contributed by atoms with Gasteiger partial charge in [-0.3, -0.25) is 14.4 Å². The maximum atomic E-state index is 12.2. The first-order chi connectivity index (χ1) is 14.0. The molecule has 0 radical (unpaired) electrons. The van der Waals surface area contributed by atoms with E-state index in [4.69, 9.17) is 4.74 Å². The van der Waals surface area contributed by atoms with Gasteiger partial charge in [-0.1, -0.05) is 42.1 Å². The van der Waals surface area contributed by atoms with Crippen LogP contribution >= 0.6 is 11.8 Å². The summed E-state index contributed by atoms with van der Waals surface area (Å²) >= 11 is 1.11. The van der Waals surface area contributed by atoms with Gasteiger partial charge >= 0.3 is 0 Å². The summed E-state index contributed by atoms with van der Waals surface area (Å²) in [5, 5.41) is 3.06. The van der Waals surface area contributed by atoms with Crippen molar-refractivity contribution in [3.05, 3.63) is 82.3 Å². The van der Waals surface area contributed by atoms with Crippen LogP contribution in [0.5, 0.6) is 5.75 Å². The van der Waals surface area contributed by atoms with E-state index < -0.39 is 0 Å². The van der Waals surface area contributed by atoms with Crippen LogP contribution < -0.4 is 15.6 Å². The van der Waals surface area contributed by atoms with Gasteiger partial charge in [0.05, 0.1) is 11.4 Å². The number of H-pyrrole nitrogens is 1. The molecule has 29 heavy (non-hydrogen) atoms. The average molecular weight is 409 g/mol. The van der Waals surface area contributed by atoms with Gasteiger partial charge in [0.2, 0.25) is 5.91 Å². The van der Waals surface area contributed by atoms with Gasteiger partial charge in [0.25, 0.3) is 5.56 Å². The number of benzene rings is 2. The van der Waals surface area contributed by atoms with E-state index in [9.17, 15) is 14.4 Å². The number of aromatic nitrogens is 2. The summed E-state index contributed by atoms with van der Waals surface area (Å²) in [5.41, 5.74) is 1.21. The van der Waals surface area contributed by atoms with E-state index in [1.165, 1.54) is 13.0 Å². The van der Waals surface area contributed by atoms with Crippen LogP contribution in [0.2, 0.25) is 0 Å². The summed E-state index contributed by atoms with van der Waals surface area (Å²) in [6, 6.07) is 17.3. The number of para-hydroxylation sites is 1. The van der Waals surface area contributed by atoms with Crippen molar-refractivity contribution in [1.29, 1.82) is 0 Å². The molecule has 0 atom stereocenters. The predicted octanol–water partition coefficient (Wildman–Crippen LogP) is 3.28. The highest BCUT2D eigenvalue weighted by molar-refractivity contribution is 7.99. The molecule has 0 aliphatic rings. The zero-order valence-corrected chi connectivity index (χ0v) is 16.5. The number of nitrogens with zero attached hydrogens (tertiary/aromatic N) is 1. The maximum Gasteiger partial charge on any atom is 0.251 e. The number of hydrogen-bond acceptors (Lipinski definition) is 6. The summed E-state index contributed by atoms with van der Waals surface area (Å²) in [6.45, 7) is 1.61. The molecule has 3 rings (SSSR count). The highest BCUT2D eigenvalue weighted by atomic mass is 32.2. The van der Waals surface area contributed by atoms with Crippen molar-refractivity contribution in [2.45, 2.75) is 18.7 Å². The van der Waals surface area contributed by atoms with Crippen molar-refractivity contribution in [2.24, 2.45) is 0 Å². The first-order valence-corrected chi connectivity index (χ1v) is 9.80. The Labute approximate surface area is 171 Å². The monoisotopic (exact) mass is 409 g/mol. The van der Waals surface area contributed by atoms with E-state index in [-0.39, 0.29) is 29.6 Å². The van der Waals surface area contributed by atoms with Crippen molar-refractivity contribution < 1.29 is 14.3 Å². The predicted molar refractivity (Wildman–Crippen MR) is 111 cm³/mol. The number of ether oxygens (including phenoxy) is 1. The van der Waals surface area contributed by atoms with E-state index >= 15 is 0 Å². The Bertz CT molecular complexity index is 1070. The molecule has 2 N–H and O–H groups in total. The first-order valence-electron chi connectivity index (χ1n) is 8.81. The number of nitrogens with one attached hydrogen (secondary N) is 2. The Hall–Kier alpha value is -3.39. The average Bonchev–Trinajstić information content (AvgIpc) is 2.71. The van der Waals surface area contributed by atoms with E-state index in [0.29, 0.717) is 27.9 Å². The van der Waals surface area contributed by atoms with Gasteiger partial charge in [-0.05, 0) is 31.2 Å². The van der Waals surface area contributed by atoms with Crippen LogP contribution in [0.3, 0.4) is 0 Å². The minimum absolute atomic E-state index is 0.0518. The largest absolute Gasteiger partial charge is 0.487 e. The molecule has 0 spiro atoms. The molecule has 0 bridgehead atoms. The third kappa shape index (κ3) is 6.32. The Morgan fingerprint density at radius 3 is 2.66 bits per heavy atom. The van der Waals surface area contributed by atoms with Crippen LogP contribution in [-0.4, -0.2) is 27.4 Å². The number of thioether (sulfide) groups is 1. The minimum atomic E-state index is -0.316. The number of hydrogen-bond donors (Lipinski definition) is 2.